The number of fused-ring (bicyclic) bond motifs is 1. The van der Waals surface area contributed by atoms with Gasteiger partial charge in [0.25, 0.3) is 5.56 Å². The average molecular weight is 418 g/mol. The number of methoxy groups -OCH3 is 1. The molecule has 0 radical (unpaired) electrons. The number of imide groups is 1. The lowest BCUT2D eigenvalue weighted by atomic mass is 9.78. The second kappa shape index (κ2) is 8.98. The Morgan fingerprint density at radius 1 is 1.28 bits per heavy atom. The van der Waals surface area contributed by atoms with Gasteiger partial charge in [-0.15, -0.1) is 0 Å². The van der Waals surface area contributed by atoms with E-state index in [1.165, 1.54) is 18.9 Å². The number of hydrogen-bond acceptors (Lipinski definition) is 6. The van der Waals surface area contributed by atoms with Crippen molar-refractivity contribution >= 4 is 34.7 Å². The zero-order valence-electron chi connectivity index (χ0n) is 17.2. The van der Waals surface area contributed by atoms with E-state index in [-0.39, 0.29) is 11.6 Å². The minimum absolute atomic E-state index is 0.0294. The average Bonchev–Trinajstić information content (AvgIpc) is 2.70. The lowest BCUT2D eigenvalue weighted by molar-refractivity contribution is -0.119. The molecule has 156 valence electrons. The van der Waals surface area contributed by atoms with Crippen LogP contribution in [0.15, 0.2) is 34.2 Å². The number of benzene rings is 1. The van der Waals surface area contributed by atoms with Crippen LogP contribution in [-0.4, -0.2) is 33.9 Å². The highest BCUT2D eigenvalue weighted by Gasteiger charge is 2.32. The number of nitrogens with zero attached hydrogens (tertiary/aromatic N) is 2. The molecular weight excluding hydrogens is 390 g/mol. The van der Waals surface area contributed by atoms with E-state index in [9.17, 15) is 14.4 Å². The smallest absolute Gasteiger partial charge is 0.413 e. The number of carbonyl (C=O) groups is 2. The van der Waals surface area contributed by atoms with Crippen molar-refractivity contribution < 1.29 is 14.3 Å². The van der Waals surface area contributed by atoms with Gasteiger partial charge in [0.05, 0.1) is 23.3 Å². The molecule has 1 saturated carbocycles. The first-order valence-corrected chi connectivity index (χ1v) is 10.8. The number of thioether (sulfide) groups is 1. The molecule has 0 bridgehead atoms. The van der Waals surface area contributed by atoms with Gasteiger partial charge in [0.2, 0.25) is 5.91 Å². The van der Waals surface area contributed by atoms with Crippen molar-refractivity contribution in [2.24, 2.45) is 11.8 Å². The molecule has 1 aliphatic rings. The molecule has 1 aliphatic carbocycles. The maximum Gasteiger partial charge on any atom is 0.413 e. The number of para-hydroxylation sites is 1. The summed E-state index contributed by atoms with van der Waals surface area (Å²) in [6.07, 6.45) is 2.30. The van der Waals surface area contributed by atoms with Crippen molar-refractivity contribution in [2.45, 2.75) is 56.5 Å². The number of nitrogens with one attached hydrogen (secondary N) is 1. The summed E-state index contributed by atoms with van der Waals surface area (Å²) in [5.74, 6) is 0.342. The van der Waals surface area contributed by atoms with Crippen LogP contribution < -0.4 is 10.9 Å². The van der Waals surface area contributed by atoms with Gasteiger partial charge in [-0.1, -0.05) is 50.6 Å². The van der Waals surface area contributed by atoms with Gasteiger partial charge in [-0.3, -0.25) is 19.5 Å². The molecule has 0 spiro atoms. The summed E-state index contributed by atoms with van der Waals surface area (Å²) < 4.78 is 6.26. The fourth-order valence-electron chi connectivity index (χ4n) is 3.88. The normalized spacial score (nSPS) is 22.8. The summed E-state index contributed by atoms with van der Waals surface area (Å²) in [4.78, 5) is 41.8. The number of ether oxygens (including phenoxy) is 1. The molecule has 0 saturated heterocycles. The Bertz CT molecular complexity index is 974. The monoisotopic (exact) mass is 417 g/mol. The zero-order valence-corrected chi connectivity index (χ0v) is 18.0. The quantitative estimate of drug-likeness (QED) is 0.602. The highest BCUT2D eigenvalue weighted by Crippen LogP contribution is 2.39. The van der Waals surface area contributed by atoms with Crippen molar-refractivity contribution in [3.63, 3.8) is 0 Å². The van der Waals surface area contributed by atoms with Gasteiger partial charge in [0.1, 0.15) is 0 Å². The largest absolute Gasteiger partial charge is 0.453 e. The summed E-state index contributed by atoms with van der Waals surface area (Å²) in [6.45, 7) is 6.08. The van der Waals surface area contributed by atoms with E-state index in [0.29, 0.717) is 27.9 Å². The molecule has 0 aliphatic heterocycles. The molecule has 7 nitrogen and oxygen atoms in total. The standard InChI is InChI=1S/C21H27N3O4S/c1-12-8-7-11-17(13(12)2)24-19(26)15-9-5-6-10-16(15)22-20(24)29-14(3)18(25)23-21(27)28-4/h5-6,9-10,12-14,17H,7-8,11H2,1-4H3,(H,23,25,27)/t12-,13+,14-,17+/m0/s1. The van der Waals surface area contributed by atoms with E-state index < -0.39 is 17.3 Å². The number of alkyl carbamates (subject to hydrolysis) is 1. The minimum Gasteiger partial charge on any atom is -0.453 e. The third kappa shape index (κ3) is 4.47. The van der Waals surface area contributed by atoms with E-state index in [1.807, 2.05) is 12.1 Å². The summed E-state index contributed by atoms with van der Waals surface area (Å²) >= 11 is 1.19. The highest BCUT2D eigenvalue weighted by molar-refractivity contribution is 8.00. The first kappa shape index (κ1) is 21.4. The Balaban J connectivity index is 2.04. The Hall–Kier alpha value is -2.35. The van der Waals surface area contributed by atoms with Crippen molar-refractivity contribution in [1.82, 2.24) is 14.9 Å². The van der Waals surface area contributed by atoms with Crippen molar-refractivity contribution in [2.75, 3.05) is 7.11 Å². The molecule has 1 aromatic heterocycles. The lowest BCUT2D eigenvalue weighted by Gasteiger charge is -2.36. The fourth-order valence-corrected chi connectivity index (χ4v) is 4.85. The van der Waals surface area contributed by atoms with Crippen molar-refractivity contribution in [3.05, 3.63) is 34.6 Å². The van der Waals surface area contributed by atoms with E-state index in [0.717, 1.165) is 19.3 Å². The van der Waals surface area contributed by atoms with E-state index >= 15 is 0 Å². The minimum atomic E-state index is -0.805. The first-order valence-electron chi connectivity index (χ1n) is 9.90. The number of carbonyl (C=O) groups excluding carboxylic acids is 2. The summed E-state index contributed by atoms with van der Waals surface area (Å²) in [5, 5.41) is 2.64. The summed E-state index contributed by atoms with van der Waals surface area (Å²) in [5.41, 5.74) is 0.526. The van der Waals surface area contributed by atoms with Gasteiger partial charge < -0.3 is 4.74 Å². The van der Waals surface area contributed by atoms with Crippen LogP contribution in [0.4, 0.5) is 4.79 Å². The number of aromatic nitrogens is 2. The predicted molar refractivity (Wildman–Crippen MR) is 113 cm³/mol. The van der Waals surface area contributed by atoms with Gasteiger partial charge in [-0.25, -0.2) is 9.78 Å². The second-order valence-electron chi connectivity index (χ2n) is 7.66. The molecule has 2 aromatic rings. The molecule has 3 rings (SSSR count). The van der Waals surface area contributed by atoms with Crippen LogP contribution in [0.25, 0.3) is 10.9 Å². The van der Waals surface area contributed by atoms with Crippen LogP contribution >= 0.6 is 11.8 Å². The van der Waals surface area contributed by atoms with Gasteiger partial charge in [-0.2, -0.15) is 0 Å². The van der Waals surface area contributed by atoms with Crippen LogP contribution in [-0.2, 0) is 9.53 Å². The molecule has 1 aromatic carbocycles. The van der Waals surface area contributed by atoms with Crippen molar-refractivity contribution in [3.8, 4) is 0 Å². The molecule has 2 amide bonds. The SMILES string of the molecule is COC(=O)NC(=O)[C@H](C)Sc1nc2ccccc2c(=O)n1[C@@H]1CCC[C@H](C)[C@H]1C. The first-order chi connectivity index (χ1) is 13.8. The number of hydrogen-bond donors (Lipinski definition) is 1. The Morgan fingerprint density at radius 3 is 2.72 bits per heavy atom. The number of rotatable bonds is 4. The predicted octanol–water partition coefficient (Wildman–Crippen LogP) is 3.76. The van der Waals surface area contributed by atoms with Crippen molar-refractivity contribution in [1.29, 1.82) is 0 Å². The Morgan fingerprint density at radius 2 is 2.00 bits per heavy atom. The third-order valence-corrected chi connectivity index (χ3v) is 6.90. The van der Waals surface area contributed by atoms with Crippen LogP contribution in [0.1, 0.15) is 46.1 Å². The molecule has 1 fully saturated rings. The van der Waals surface area contributed by atoms with Gasteiger partial charge in [0.15, 0.2) is 5.16 Å². The fraction of sp³-hybridized carbons (Fsp3) is 0.524. The van der Waals surface area contributed by atoms with E-state index in [2.05, 4.69) is 23.9 Å². The zero-order chi connectivity index (χ0) is 21.1. The summed E-state index contributed by atoms with van der Waals surface area (Å²) in [7, 11) is 1.20. The lowest BCUT2D eigenvalue weighted by Crippen LogP contribution is -2.38. The van der Waals surface area contributed by atoms with Crippen LogP contribution in [0, 0.1) is 11.8 Å². The van der Waals surface area contributed by atoms with E-state index in [1.54, 1.807) is 23.6 Å². The van der Waals surface area contributed by atoms with Gasteiger partial charge in [-0.05, 0) is 37.3 Å². The maximum atomic E-state index is 13.4. The highest BCUT2D eigenvalue weighted by atomic mass is 32.2. The van der Waals surface area contributed by atoms with Crippen LogP contribution in [0.3, 0.4) is 0 Å². The molecule has 29 heavy (non-hydrogen) atoms. The molecule has 1 heterocycles. The molecular formula is C21H27N3O4S. The third-order valence-electron chi connectivity index (χ3n) is 5.83. The molecule has 8 heteroatoms. The van der Waals surface area contributed by atoms with E-state index in [4.69, 9.17) is 4.98 Å². The Kier molecular flexibility index (Phi) is 6.62. The molecule has 1 N–H and O–H groups in total. The van der Waals surface area contributed by atoms with Gasteiger partial charge in [0, 0.05) is 6.04 Å². The van der Waals surface area contributed by atoms with Gasteiger partial charge >= 0.3 is 6.09 Å². The summed E-state index contributed by atoms with van der Waals surface area (Å²) in [6, 6.07) is 7.30. The topological polar surface area (TPSA) is 90.3 Å². The second-order valence-corrected chi connectivity index (χ2v) is 8.97. The number of amides is 2. The van der Waals surface area contributed by atoms with Crippen LogP contribution in [0.5, 0.6) is 0 Å². The van der Waals surface area contributed by atoms with Crippen LogP contribution in [0.2, 0.25) is 0 Å². The molecule has 0 unspecified atom stereocenters. The maximum absolute atomic E-state index is 13.4. The molecule has 4 atom stereocenters. The Labute approximate surface area is 174 Å².